The van der Waals surface area contributed by atoms with E-state index in [0.717, 1.165) is 33.4 Å². The maximum absolute atomic E-state index is 12.2. The quantitative estimate of drug-likeness (QED) is 0.135. The summed E-state index contributed by atoms with van der Waals surface area (Å²) >= 11 is 12.5. The van der Waals surface area contributed by atoms with Crippen molar-refractivity contribution >= 4 is 35.1 Å². The summed E-state index contributed by atoms with van der Waals surface area (Å²) in [6, 6.07) is 23.7. The molecular weight excluding hydrogens is 617 g/mol. The monoisotopic (exact) mass is 651 g/mol. The molecule has 9 nitrogen and oxygen atoms in total. The lowest BCUT2D eigenvalue weighted by Crippen LogP contribution is -2.32. The van der Waals surface area contributed by atoms with Crippen molar-refractivity contribution in [2.24, 2.45) is 0 Å². The molecule has 1 saturated heterocycles. The van der Waals surface area contributed by atoms with Crippen LogP contribution in [0.25, 0.3) is 11.1 Å². The maximum atomic E-state index is 12.2. The fraction of sp³-hybridized carbons (Fsp3) is 0.324. The van der Waals surface area contributed by atoms with Crippen molar-refractivity contribution in [2.45, 2.75) is 70.3 Å². The molecule has 3 atom stereocenters. The molecular formula is C34H35Cl2N3O6. The predicted molar refractivity (Wildman–Crippen MR) is 170 cm³/mol. The highest BCUT2D eigenvalue weighted by Gasteiger charge is 2.33. The van der Waals surface area contributed by atoms with Gasteiger partial charge < -0.3 is 29.6 Å². The minimum absolute atomic E-state index is 0.0327. The van der Waals surface area contributed by atoms with Crippen LogP contribution in [0.5, 0.6) is 0 Å². The minimum atomic E-state index is -0.851. The van der Waals surface area contributed by atoms with Gasteiger partial charge in [0.1, 0.15) is 5.15 Å². The van der Waals surface area contributed by atoms with Crippen molar-refractivity contribution in [1.82, 2.24) is 14.9 Å². The number of aromatic nitrogens is 2. The highest BCUT2D eigenvalue weighted by atomic mass is 35.5. The van der Waals surface area contributed by atoms with Crippen LogP contribution < -0.4 is 5.32 Å². The van der Waals surface area contributed by atoms with E-state index in [1.54, 1.807) is 10.9 Å². The highest BCUT2D eigenvalue weighted by Crippen LogP contribution is 2.39. The van der Waals surface area contributed by atoms with Crippen LogP contribution in [-0.4, -0.2) is 37.7 Å². The lowest BCUT2D eigenvalue weighted by Gasteiger charge is -2.36. The van der Waals surface area contributed by atoms with Crippen molar-refractivity contribution < 1.29 is 29.3 Å². The Labute approximate surface area is 271 Å². The second-order valence-electron chi connectivity index (χ2n) is 11.0. The van der Waals surface area contributed by atoms with Gasteiger partial charge in [-0.2, -0.15) is 0 Å². The number of halogens is 2. The molecule has 0 bridgehead atoms. The fourth-order valence-electron chi connectivity index (χ4n) is 5.30. The van der Waals surface area contributed by atoms with E-state index in [1.807, 2.05) is 72.8 Å². The number of aliphatic carboxylic acids is 1. The minimum Gasteiger partial charge on any atom is -0.481 e. The third kappa shape index (κ3) is 8.93. The van der Waals surface area contributed by atoms with Crippen LogP contribution in [0.3, 0.4) is 0 Å². The van der Waals surface area contributed by atoms with Gasteiger partial charge in [0.2, 0.25) is 5.91 Å². The Morgan fingerprint density at radius 1 is 0.911 bits per heavy atom. The van der Waals surface area contributed by atoms with E-state index in [4.69, 9.17) is 37.8 Å². The lowest BCUT2D eigenvalue weighted by atomic mass is 9.98. The summed E-state index contributed by atoms with van der Waals surface area (Å²) in [5, 5.41) is 21.8. The average molecular weight is 653 g/mol. The van der Waals surface area contributed by atoms with E-state index in [9.17, 15) is 14.7 Å². The van der Waals surface area contributed by atoms with Crippen LogP contribution in [0, 0.1) is 0 Å². The number of nitrogens with one attached hydrogen (secondary N) is 1. The number of hydrogen-bond donors (Lipinski definition) is 3. The molecule has 0 radical (unpaired) electrons. The molecule has 1 fully saturated rings. The number of imidazole rings is 1. The number of carbonyl (C=O) groups is 2. The van der Waals surface area contributed by atoms with Crippen molar-refractivity contribution in [3.63, 3.8) is 0 Å². The molecule has 0 spiro atoms. The summed E-state index contributed by atoms with van der Waals surface area (Å²) in [5.74, 6) is -0.954. The molecule has 45 heavy (non-hydrogen) atoms. The summed E-state index contributed by atoms with van der Waals surface area (Å²) < 4.78 is 14.8. The van der Waals surface area contributed by atoms with Gasteiger partial charge in [0.05, 0.1) is 31.7 Å². The molecule has 2 heterocycles. The zero-order valence-corrected chi connectivity index (χ0v) is 26.1. The predicted octanol–water partition coefficient (Wildman–Crippen LogP) is 6.86. The summed E-state index contributed by atoms with van der Waals surface area (Å²) in [4.78, 5) is 27.0. The SMILES string of the molecule is O=C(O)CCCCC(=O)NCc1cccc(-c2cccc([C@H]3O[C@@H](Cn4cnc(Cl)c4Cl)C[C@@H](c4ccc(CO)cc4)O3)c2)c1. The molecule has 1 aliphatic rings. The van der Waals surface area contributed by atoms with Crippen LogP contribution in [0.15, 0.2) is 79.1 Å². The van der Waals surface area contributed by atoms with Crippen LogP contribution in [0.2, 0.25) is 10.3 Å². The van der Waals surface area contributed by atoms with Crippen LogP contribution in [0.1, 0.15) is 66.8 Å². The second-order valence-corrected chi connectivity index (χ2v) is 11.7. The smallest absolute Gasteiger partial charge is 0.303 e. The van der Waals surface area contributed by atoms with Gasteiger partial charge in [0, 0.05) is 31.4 Å². The molecule has 11 heteroatoms. The Bertz CT molecular complexity index is 1610. The average Bonchev–Trinajstić information content (AvgIpc) is 3.38. The van der Waals surface area contributed by atoms with E-state index in [-0.39, 0.29) is 36.3 Å². The molecule has 0 aliphatic carbocycles. The number of unbranched alkanes of at least 4 members (excludes halogenated alkanes) is 1. The van der Waals surface area contributed by atoms with Gasteiger partial charge in [0.25, 0.3) is 0 Å². The third-order valence-electron chi connectivity index (χ3n) is 7.70. The number of aliphatic hydroxyl groups is 1. The normalized spacial score (nSPS) is 18.1. The molecule has 1 amide bonds. The summed E-state index contributed by atoms with van der Waals surface area (Å²) in [5.41, 5.74) is 5.55. The standard InChI is InChI=1S/C34H35Cl2N3O6/c35-32-33(36)39(21-38-32)19-28-17-29(24-13-11-22(20-40)12-14-24)45-34(44-28)27-8-4-7-26(16-27)25-6-3-5-23(15-25)18-37-30(41)9-1-2-10-31(42)43/h3-8,11-16,21,28-29,34,40H,1-2,9-10,17-20H2,(H,37,41)(H,42,43)/t28-,29+,34+/m1/s1. The number of ether oxygens (including phenoxy) is 2. The van der Waals surface area contributed by atoms with E-state index in [1.165, 1.54) is 0 Å². The van der Waals surface area contributed by atoms with Gasteiger partial charge in [-0.05, 0) is 52.8 Å². The number of nitrogens with zero attached hydrogens (tertiary/aromatic N) is 2. The Balaban J connectivity index is 1.31. The Morgan fingerprint density at radius 3 is 2.36 bits per heavy atom. The molecule has 3 aromatic carbocycles. The Kier molecular flexibility index (Phi) is 11.3. The molecule has 1 aliphatic heterocycles. The second kappa shape index (κ2) is 15.5. The first kappa shape index (κ1) is 32.7. The number of carboxylic acids is 1. The number of hydrogen-bond acceptors (Lipinski definition) is 6. The van der Waals surface area contributed by atoms with Gasteiger partial charge >= 0.3 is 5.97 Å². The highest BCUT2D eigenvalue weighted by molar-refractivity contribution is 6.40. The number of rotatable bonds is 13. The van der Waals surface area contributed by atoms with E-state index >= 15 is 0 Å². The van der Waals surface area contributed by atoms with E-state index in [0.29, 0.717) is 43.9 Å². The van der Waals surface area contributed by atoms with Gasteiger partial charge in [-0.3, -0.25) is 9.59 Å². The van der Waals surface area contributed by atoms with Crippen LogP contribution in [0.4, 0.5) is 0 Å². The fourth-order valence-corrected chi connectivity index (χ4v) is 5.61. The first-order valence-electron chi connectivity index (χ1n) is 14.8. The van der Waals surface area contributed by atoms with Crippen molar-refractivity contribution in [2.75, 3.05) is 0 Å². The molecule has 1 aromatic heterocycles. The number of benzene rings is 3. The van der Waals surface area contributed by atoms with Gasteiger partial charge in [0.15, 0.2) is 11.4 Å². The number of aliphatic hydroxyl groups excluding tert-OH is 1. The van der Waals surface area contributed by atoms with Gasteiger partial charge in [-0.15, -0.1) is 0 Å². The lowest BCUT2D eigenvalue weighted by molar-refractivity contribution is -0.252. The zero-order valence-electron chi connectivity index (χ0n) is 24.6. The molecule has 3 N–H and O–H groups in total. The molecule has 0 saturated carbocycles. The Morgan fingerprint density at radius 2 is 1.64 bits per heavy atom. The van der Waals surface area contributed by atoms with Crippen LogP contribution >= 0.6 is 23.2 Å². The first-order chi connectivity index (χ1) is 21.8. The molecule has 236 valence electrons. The summed E-state index contributed by atoms with van der Waals surface area (Å²) in [6.45, 7) is 0.783. The zero-order chi connectivity index (χ0) is 31.8. The summed E-state index contributed by atoms with van der Waals surface area (Å²) in [6.07, 6.45) is 2.37. The first-order valence-corrected chi connectivity index (χ1v) is 15.6. The van der Waals surface area contributed by atoms with Gasteiger partial charge in [-0.1, -0.05) is 83.9 Å². The number of amides is 1. The van der Waals surface area contributed by atoms with E-state index < -0.39 is 12.3 Å². The van der Waals surface area contributed by atoms with Crippen molar-refractivity contribution in [3.8, 4) is 11.1 Å². The molecule has 4 aromatic rings. The topological polar surface area (TPSA) is 123 Å². The van der Waals surface area contributed by atoms with Crippen molar-refractivity contribution in [1.29, 1.82) is 0 Å². The third-order valence-corrected chi connectivity index (χ3v) is 8.47. The number of carbonyl (C=O) groups excluding carboxylic acids is 1. The largest absolute Gasteiger partial charge is 0.481 e. The van der Waals surface area contributed by atoms with Crippen molar-refractivity contribution in [3.05, 3.63) is 112 Å². The maximum Gasteiger partial charge on any atom is 0.303 e. The summed E-state index contributed by atoms with van der Waals surface area (Å²) in [7, 11) is 0. The van der Waals surface area contributed by atoms with Crippen LogP contribution in [-0.2, 0) is 38.8 Å². The molecule has 0 unspecified atom stereocenters. The van der Waals surface area contributed by atoms with Gasteiger partial charge in [-0.25, -0.2) is 4.98 Å². The van der Waals surface area contributed by atoms with E-state index in [2.05, 4.69) is 10.3 Å². The number of carboxylic acid groups (broad SMARTS) is 1. The molecule has 5 rings (SSSR count). The Hall–Kier alpha value is -3.73.